The Labute approximate surface area is 371 Å². The van der Waals surface area contributed by atoms with Crippen LogP contribution >= 0.6 is 0 Å². The van der Waals surface area contributed by atoms with Crippen molar-refractivity contribution in [3.8, 4) is 0 Å². The van der Waals surface area contributed by atoms with Gasteiger partial charge in [0.15, 0.2) is 17.5 Å². The number of anilines is 4. The molecule has 0 aliphatic carbocycles. The molecule has 16 heteroatoms. The van der Waals surface area contributed by atoms with Gasteiger partial charge in [-0.05, 0) is 113 Å². The van der Waals surface area contributed by atoms with Gasteiger partial charge in [-0.1, -0.05) is 26.3 Å². The minimum atomic E-state index is -0.357. The van der Waals surface area contributed by atoms with Crippen molar-refractivity contribution < 1.29 is 19.2 Å². The molecule has 0 saturated heterocycles. The molecule has 2 aromatic heterocycles. The van der Waals surface area contributed by atoms with E-state index in [-0.39, 0.29) is 41.8 Å². The third-order valence-electron chi connectivity index (χ3n) is 10.4. The molecule has 322 valence electrons. The zero-order chi connectivity index (χ0) is 46.3. The topological polar surface area (TPSA) is 222 Å². The van der Waals surface area contributed by atoms with E-state index in [0.717, 1.165) is 0 Å². The van der Waals surface area contributed by atoms with E-state index in [1.165, 1.54) is 0 Å². The van der Waals surface area contributed by atoms with Gasteiger partial charge in [0.1, 0.15) is 22.6 Å². The molecule has 4 aromatic carbocycles. The lowest BCUT2D eigenvalue weighted by Gasteiger charge is -2.11. The Morgan fingerprint density at radius 2 is 1.00 bits per heavy atom. The molecule has 16 nitrogen and oxygen atoms in total. The number of hydrogen-bond donors (Lipinski definition) is 6. The zero-order valence-corrected chi connectivity index (χ0v) is 36.0. The van der Waals surface area contributed by atoms with Gasteiger partial charge in [0.05, 0.1) is 6.54 Å². The normalized spacial score (nSPS) is 15.4. The molecular weight excluding hydrogens is 821 g/mol. The maximum absolute atomic E-state index is 12.8. The van der Waals surface area contributed by atoms with E-state index in [1.54, 1.807) is 94.4 Å². The summed E-state index contributed by atoms with van der Waals surface area (Å²) in [5.41, 5.74) is 6.47. The monoisotopic (exact) mass is 862 g/mol. The fourth-order valence-electron chi connectivity index (χ4n) is 6.96. The minimum Gasteiger partial charge on any atom is -0.324 e. The lowest BCUT2D eigenvalue weighted by atomic mass is 10.0. The van der Waals surface area contributed by atoms with Gasteiger partial charge in [0.25, 0.3) is 23.6 Å². The first kappa shape index (κ1) is 42.8. The van der Waals surface area contributed by atoms with Crippen molar-refractivity contribution >= 4 is 104 Å². The van der Waals surface area contributed by atoms with Crippen LogP contribution in [0, 0.1) is 0 Å². The predicted molar refractivity (Wildman–Crippen MR) is 258 cm³/mol. The van der Waals surface area contributed by atoms with E-state index >= 15 is 0 Å². The summed E-state index contributed by atoms with van der Waals surface area (Å²) in [5.74, 6) is 0.0641. The highest BCUT2D eigenvalue weighted by molar-refractivity contribution is 6.24. The number of H-pyrrole nitrogens is 2. The first-order valence-corrected chi connectivity index (χ1v) is 20.2. The number of fused-ring (bicyclic) bond motifs is 15. The van der Waals surface area contributed by atoms with E-state index in [4.69, 9.17) is 25.0 Å². The highest BCUT2D eigenvalue weighted by atomic mass is 16.2. The Bertz CT molecular complexity index is 3420. The van der Waals surface area contributed by atoms with Crippen molar-refractivity contribution in [1.29, 1.82) is 0 Å². The number of hydrogen-bond acceptors (Lipinski definition) is 10. The number of rotatable bonds is 8. The molecule has 0 atom stereocenters. The van der Waals surface area contributed by atoms with E-state index < -0.39 is 0 Å². The molecule has 0 fully saturated rings. The molecule has 0 saturated carbocycles. The summed E-state index contributed by atoms with van der Waals surface area (Å²) < 4.78 is 0. The average Bonchev–Trinajstić information content (AvgIpc) is 3.91. The fraction of sp³-hybridized carbons (Fsp3) is 0.102. The Morgan fingerprint density at radius 3 is 1.58 bits per heavy atom. The van der Waals surface area contributed by atoms with Gasteiger partial charge >= 0.3 is 0 Å². The van der Waals surface area contributed by atoms with Crippen LogP contribution in [0.5, 0.6) is 0 Å². The fourth-order valence-corrected chi connectivity index (χ4v) is 6.96. The Hall–Kier alpha value is -8.92. The summed E-state index contributed by atoms with van der Waals surface area (Å²) in [6.07, 6.45) is 0. The van der Waals surface area contributed by atoms with Crippen LogP contribution in [0.1, 0.15) is 49.9 Å². The lowest BCUT2D eigenvalue weighted by Crippen LogP contribution is -2.15. The largest absolute Gasteiger partial charge is 0.324 e. The Morgan fingerprint density at radius 1 is 0.508 bits per heavy atom. The van der Waals surface area contributed by atoms with Gasteiger partial charge in [-0.15, -0.1) is 0 Å². The summed E-state index contributed by atoms with van der Waals surface area (Å²) >= 11 is 0. The number of amides is 4. The van der Waals surface area contributed by atoms with Crippen LogP contribution in [0.15, 0.2) is 151 Å². The van der Waals surface area contributed by atoms with E-state index in [1.807, 2.05) is 6.07 Å². The third-order valence-corrected chi connectivity index (χ3v) is 10.4. The molecule has 4 heterocycles. The third kappa shape index (κ3) is 8.63. The number of nitrogens with zero attached hydrogens (tertiary/aromatic N) is 6. The molecule has 0 radical (unpaired) electrons. The van der Waals surface area contributed by atoms with Gasteiger partial charge in [0.2, 0.25) is 0 Å². The molecule has 2 aliphatic heterocycles. The standard InChI is InChI=1S/C49H42N12O4/c1-23(2)46(62)52-28-10-14-32-27(18-28)22-51-40-33-15-11-29(53-47(63)24(3)4)19-36(33)44(57-40)59-42-35-17-13-31(55-49(65)26(7)8)21-38(35)45(61-42)60-41-34-16-12-30(54-48(64)25(5)6)20-37(34)43(58-41)56-39(32)50-9/h10-21,58H,1,3,5,7,9,22H2,2,4,6,8H3,(H,52,62)(H,53,63)(H,54,64)(H,55,65)(H,51,57,59,60,61)/b56-39-. The highest BCUT2D eigenvalue weighted by Gasteiger charge is 2.25. The van der Waals surface area contributed by atoms with Crippen LogP contribution in [0.2, 0.25) is 0 Å². The quantitative estimate of drug-likeness (QED) is 0.0666. The second-order valence-electron chi connectivity index (χ2n) is 15.6. The predicted octanol–water partition coefficient (Wildman–Crippen LogP) is 7.78. The number of carbonyl (C=O) groups excluding carboxylic acids is 4. The molecule has 6 bridgehead atoms. The molecule has 6 N–H and O–H groups in total. The number of nitrogens with one attached hydrogen (secondary N) is 6. The van der Waals surface area contributed by atoms with Crippen molar-refractivity contribution in [1.82, 2.24) is 9.97 Å². The van der Waals surface area contributed by atoms with Crippen molar-refractivity contribution in [2.24, 2.45) is 30.0 Å². The van der Waals surface area contributed by atoms with Crippen LogP contribution in [0.3, 0.4) is 0 Å². The second kappa shape index (κ2) is 17.1. The maximum atomic E-state index is 12.8. The zero-order valence-electron chi connectivity index (χ0n) is 36.0. The van der Waals surface area contributed by atoms with E-state index in [2.05, 4.69) is 69.3 Å². The summed E-state index contributed by atoms with van der Waals surface area (Å²) in [4.78, 5) is 87.2. The van der Waals surface area contributed by atoms with Crippen LogP contribution in [-0.2, 0) is 25.7 Å². The van der Waals surface area contributed by atoms with Gasteiger partial charge in [-0.2, -0.15) is 0 Å². The van der Waals surface area contributed by atoms with Crippen molar-refractivity contribution in [2.45, 2.75) is 34.2 Å². The summed E-state index contributed by atoms with van der Waals surface area (Å²) in [6, 6.07) is 21.2. The average molecular weight is 863 g/mol. The number of carbonyl (C=O) groups is 4. The van der Waals surface area contributed by atoms with Crippen LogP contribution in [0.4, 0.5) is 34.4 Å². The summed E-state index contributed by atoms with van der Waals surface area (Å²) in [7, 11) is 0. The molecule has 65 heavy (non-hydrogen) atoms. The smallest absolute Gasteiger partial charge is 0.250 e. The van der Waals surface area contributed by atoms with E-state index in [0.29, 0.717) is 117 Å². The molecule has 4 amide bonds. The van der Waals surface area contributed by atoms with Crippen molar-refractivity contribution in [3.63, 3.8) is 0 Å². The molecule has 0 unspecified atom stereocenters. The maximum Gasteiger partial charge on any atom is 0.250 e. The molecule has 2 aliphatic rings. The number of aromatic nitrogens is 2. The Kier molecular flexibility index (Phi) is 11.2. The minimum absolute atomic E-state index is 0.0629. The van der Waals surface area contributed by atoms with Gasteiger partial charge in [-0.25, -0.2) is 25.0 Å². The molecule has 0 spiro atoms. The van der Waals surface area contributed by atoms with Gasteiger partial charge in [-0.3, -0.25) is 24.2 Å². The van der Waals surface area contributed by atoms with Crippen molar-refractivity contribution in [2.75, 3.05) is 21.3 Å². The lowest BCUT2D eigenvalue weighted by molar-refractivity contribution is -0.113. The highest BCUT2D eigenvalue weighted by Crippen LogP contribution is 2.38. The molecule has 8 rings (SSSR count). The Balaban J connectivity index is 1.43. The summed E-state index contributed by atoms with van der Waals surface area (Å²) in [5, 5.41) is 14.0. The SMILES string of the molecule is C=N/C1=N\c2[nH]c(c3ccc(NC(=O)C(=C)C)cc23)/N=C2N=C(/N=c3\[nH]/c(c4ccc(NC(=O)C(=C)C)cc34)=N\Cc3cc(NC(=O)C(=C)C)ccc31)c1ccc(NC(=O)C(=C)C)cc1\2. The number of amidine groups is 3. The molecule has 6 aromatic rings. The molecular formula is C49H42N12O4. The van der Waals surface area contributed by atoms with Crippen LogP contribution in [0.25, 0.3) is 21.5 Å². The first-order chi connectivity index (χ1) is 31.1. The number of aliphatic imine (C=N–C) groups is 4. The van der Waals surface area contributed by atoms with E-state index in [9.17, 15) is 19.2 Å². The number of aromatic amines is 2. The first-order valence-electron chi connectivity index (χ1n) is 20.2. The second-order valence-corrected chi connectivity index (χ2v) is 15.6. The van der Waals surface area contributed by atoms with Crippen LogP contribution in [-0.4, -0.2) is 57.8 Å². The van der Waals surface area contributed by atoms with Crippen molar-refractivity contribution in [3.05, 3.63) is 155 Å². The van der Waals surface area contributed by atoms with Gasteiger partial charge < -0.3 is 31.2 Å². The van der Waals surface area contributed by atoms with Gasteiger partial charge in [0, 0.05) is 83.3 Å². The summed E-state index contributed by atoms with van der Waals surface area (Å²) in [6.45, 7) is 25.5. The van der Waals surface area contributed by atoms with Crippen LogP contribution < -0.4 is 32.2 Å². The number of benzene rings is 4.